The summed E-state index contributed by atoms with van der Waals surface area (Å²) in [5.74, 6) is -0.526. The number of aromatic nitrogens is 2. The summed E-state index contributed by atoms with van der Waals surface area (Å²) in [6, 6.07) is 10.6. The van der Waals surface area contributed by atoms with Gasteiger partial charge >= 0.3 is 0 Å². The predicted molar refractivity (Wildman–Crippen MR) is 79.5 cm³/mol. The van der Waals surface area contributed by atoms with Gasteiger partial charge in [-0.2, -0.15) is 0 Å². The minimum atomic E-state index is -0.806. The maximum absolute atomic E-state index is 14.2. The van der Waals surface area contributed by atoms with Crippen molar-refractivity contribution >= 4 is 22.9 Å². The van der Waals surface area contributed by atoms with Crippen LogP contribution in [0.5, 0.6) is 0 Å². The Morgan fingerprint density at radius 3 is 2.82 bits per heavy atom. The number of imidazole rings is 1. The number of guanidine groups is 1. The summed E-state index contributed by atoms with van der Waals surface area (Å²) < 4.78 is 29.4. The number of nitrogens with zero attached hydrogens (tertiary/aromatic N) is 3. The van der Waals surface area contributed by atoms with E-state index in [0.717, 1.165) is 29.2 Å². The number of anilines is 1. The first-order valence-electron chi connectivity index (χ1n) is 6.66. The minimum Gasteiger partial charge on any atom is -0.370 e. The van der Waals surface area contributed by atoms with Crippen LogP contribution in [0.4, 0.5) is 14.7 Å². The molecule has 0 amide bonds. The van der Waals surface area contributed by atoms with E-state index in [-0.39, 0.29) is 11.5 Å². The third-order valence-corrected chi connectivity index (χ3v) is 3.58. The number of rotatable bonds is 1. The van der Waals surface area contributed by atoms with Crippen molar-refractivity contribution in [2.75, 3.05) is 5.32 Å². The molecular weight excluding hydrogens is 288 g/mol. The van der Waals surface area contributed by atoms with Crippen molar-refractivity contribution in [1.82, 2.24) is 9.55 Å². The van der Waals surface area contributed by atoms with E-state index in [2.05, 4.69) is 15.3 Å². The van der Waals surface area contributed by atoms with Gasteiger partial charge in [-0.15, -0.1) is 0 Å². The van der Waals surface area contributed by atoms with Gasteiger partial charge in [-0.1, -0.05) is 12.1 Å². The largest absolute Gasteiger partial charge is 0.370 e. The van der Waals surface area contributed by atoms with Crippen molar-refractivity contribution in [3.63, 3.8) is 0 Å². The normalized spacial score (nSPS) is 17.0. The molecule has 7 heteroatoms. The lowest BCUT2D eigenvalue weighted by atomic mass is 10.1. The van der Waals surface area contributed by atoms with E-state index >= 15 is 0 Å². The van der Waals surface area contributed by atoms with Crippen LogP contribution in [0, 0.1) is 11.6 Å². The maximum Gasteiger partial charge on any atom is 0.212 e. The molecule has 4 rings (SSSR count). The Morgan fingerprint density at radius 2 is 1.95 bits per heavy atom. The molecule has 1 aliphatic heterocycles. The van der Waals surface area contributed by atoms with Crippen molar-refractivity contribution in [2.24, 2.45) is 10.7 Å². The van der Waals surface area contributed by atoms with Gasteiger partial charge in [0.15, 0.2) is 12.1 Å². The summed E-state index contributed by atoms with van der Waals surface area (Å²) in [5.41, 5.74) is 7.34. The SMILES string of the molecule is NC1=N[C@@H](c2cc(F)ccc2F)n2c(nc3ccccc32)N1. The van der Waals surface area contributed by atoms with E-state index in [0.29, 0.717) is 5.95 Å². The van der Waals surface area contributed by atoms with Gasteiger partial charge in [0, 0.05) is 5.56 Å². The Labute approximate surface area is 124 Å². The first-order valence-corrected chi connectivity index (χ1v) is 6.66. The quantitative estimate of drug-likeness (QED) is 0.725. The van der Waals surface area contributed by atoms with Crippen molar-refractivity contribution in [3.8, 4) is 0 Å². The summed E-state index contributed by atoms with van der Waals surface area (Å²) in [6.07, 6.45) is -0.806. The number of hydrogen-bond acceptors (Lipinski definition) is 4. The lowest BCUT2D eigenvalue weighted by Gasteiger charge is -2.24. The summed E-state index contributed by atoms with van der Waals surface area (Å²) in [5, 5.41) is 2.85. The molecule has 0 bridgehead atoms. The molecule has 1 aromatic heterocycles. The topological polar surface area (TPSA) is 68.2 Å². The van der Waals surface area contributed by atoms with Gasteiger partial charge in [0.05, 0.1) is 11.0 Å². The van der Waals surface area contributed by atoms with Gasteiger partial charge in [0.1, 0.15) is 11.6 Å². The minimum absolute atomic E-state index is 0.105. The van der Waals surface area contributed by atoms with E-state index in [9.17, 15) is 8.78 Å². The molecule has 0 unspecified atom stereocenters. The van der Waals surface area contributed by atoms with Crippen molar-refractivity contribution in [2.45, 2.75) is 6.17 Å². The molecule has 0 aliphatic carbocycles. The maximum atomic E-state index is 14.2. The van der Waals surface area contributed by atoms with Crippen molar-refractivity contribution in [3.05, 3.63) is 59.7 Å². The van der Waals surface area contributed by atoms with Crippen molar-refractivity contribution < 1.29 is 8.78 Å². The van der Waals surface area contributed by atoms with Crippen LogP contribution >= 0.6 is 0 Å². The van der Waals surface area contributed by atoms with Gasteiger partial charge in [0.2, 0.25) is 5.95 Å². The zero-order valence-electron chi connectivity index (χ0n) is 11.3. The van der Waals surface area contributed by atoms with Crippen molar-refractivity contribution in [1.29, 1.82) is 0 Å². The molecule has 5 nitrogen and oxygen atoms in total. The van der Waals surface area contributed by atoms with Gasteiger partial charge in [-0.05, 0) is 30.3 Å². The summed E-state index contributed by atoms with van der Waals surface area (Å²) in [6.45, 7) is 0. The standard InChI is InChI=1S/C15H11F2N5/c16-8-5-6-10(17)9(7-8)13-20-14(18)21-15-19-11-3-1-2-4-12(11)22(13)15/h1-7,13H,(H3,18,19,20,21)/t13-/m1/s1. The van der Waals surface area contributed by atoms with E-state index in [1.165, 1.54) is 0 Å². The number of aliphatic imine (C=N–C) groups is 1. The van der Waals surface area contributed by atoms with Gasteiger partial charge in [-0.3, -0.25) is 9.88 Å². The predicted octanol–water partition coefficient (Wildman–Crippen LogP) is 2.60. The number of nitrogens with two attached hydrogens (primary N) is 1. The third-order valence-electron chi connectivity index (χ3n) is 3.58. The second-order valence-electron chi connectivity index (χ2n) is 4.97. The number of halogens is 2. The summed E-state index contributed by atoms with van der Waals surface area (Å²) in [4.78, 5) is 8.62. The Balaban J connectivity index is 2.00. The smallest absolute Gasteiger partial charge is 0.212 e. The molecule has 22 heavy (non-hydrogen) atoms. The molecule has 2 aromatic carbocycles. The van der Waals surface area contributed by atoms with Crippen LogP contribution in [-0.4, -0.2) is 15.5 Å². The number of para-hydroxylation sites is 2. The van der Waals surface area contributed by atoms with Crippen LogP contribution in [0.15, 0.2) is 47.5 Å². The molecule has 1 aliphatic rings. The average molecular weight is 299 g/mol. The van der Waals surface area contributed by atoms with E-state index < -0.39 is 17.8 Å². The molecule has 0 saturated carbocycles. The fourth-order valence-corrected chi connectivity index (χ4v) is 2.64. The number of nitrogens with one attached hydrogen (secondary N) is 1. The van der Waals surface area contributed by atoms with E-state index in [4.69, 9.17) is 5.73 Å². The van der Waals surface area contributed by atoms with Gasteiger partial charge in [-0.25, -0.2) is 18.8 Å². The van der Waals surface area contributed by atoms with E-state index in [1.807, 2.05) is 24.3 Å². The molecule has 2 heterocycles. The van der Waals surface area contributed by atoms with Crippen LogP contribution in [0.2, 0.25) is 0 Å². The highest BCUT2D eigenvalue weighted by atomic mass is 19.1. The Kier molecular flexibility index (Phi) is 2.62. The Hall–Kier alpha value is -2.96. The Morgan fingerprint density at radius 1 is 1.14 bits per heavy atom. The second-order valence-corrected chi connectivity index (χ2v) is 4.97. The fourth-order valence-electron chi connectivity index (χ4n) is 2.64. The number of fused-ring (bicyclic) bond motifs is 3. The molecule has 0 fully saturated rings. The molecular formula is C15H11F2N5. The highest BCUT2D eigenvalue weighted by Gasteiger charge is 2.27. The number of benzene rings is 2. The molecule has 3 aromatic rings. The van der Waals surface area contributed by atoms with Gasteiger partial charge in [0.25, 0.3) is 0 Å². The lowest BCUT2D eigenvalue weighted by molar-refractivity contribution is 0.537. The average Bonchev–Trinajstić information content (AvgIpc) is 2.87. The van der Waals surface area contributed by atoms with Crippen LogP contribution < -0.4 is 11.1 Å². The van der Waals surface area contributed by atoms with Crippen LogP contribution in [0.25, 0.3) is 11.0 Å². The zero-order chi connectivity index (χ0) is 15.3. The van der Waals surface area contributed by atoms with E-state index in [1.54, 1.807) is 4.57 Å². The molecule has 0 radical (unpaired) electrons. The summed E-state index contributed by atoms with van der Waals surface area (Å²) >= 11 is 0. The van der Waals surface area contributed by atoms with Crippen LogP contribution in [-0.2, 0) is 0 Å². The molecule has 110 valence electrons. The molecule has 1 atom stereocenters. The van der Waals surface area contributed by atoms with Crippen LogP contribution in [0.3, 0.4) is 0 Å². The lowest BCUT2D eigenvalue weighted by Crippen LogP contribution is -2.31. The highest BCUT2D eigenvalue weighted by Crippen LogP contribution is 2.33. The molecule has 0 spiro atoms. The summed E-state index contributed by atoms with van der Waals surface area (Å²) in [7, 11) is 0. The number of hydrogen-bond donors (Lipinski definition) is 2. The molecule has 0 saturated heterocycles. The third kappa shape index (κ3) is 1.82. The first kappa shape index (κ1) is 12.8. The van der Waals surface area contributed by atoms with Crippen LogP contribution in [0.1, 0.15) is 11.7 Å². The zero-order valence-corrected chi connectivity index (χ0v) is 11.3. The molecule has 3 N–H and O–H groups in total. The second kappa shape index (κ2) is 4.52. The fraction of sp³-hybridized carbons (Fsp3) is 0.0667. The monoisotopic (exact) mass is 299 g/mol. The first-order chi connectivity index (χ1) is 10.6. The van der Waals surface area contributed by atoms with Gasteiger partial charge < -0.3 is 5.73 Å². The Bertz CT molecular complexity index is 915. The highest BCUT2D eigenvalue weighted by molar-refractivity contribution is 5.94.